The zero-order chi connectivity index (χ0) is 24.3. The molecule has 1 saturated carbocycles. The van der Waals surface area contributed by atoms with Crippen LogP contribution in [0.15, 0.2) is 35.7 Å². The number of β-lactam (4-membered cyclic amide) rings is 1. The fourth-order valence-corrected chi connectivity index (χ4v) is 4.95. The lowest BCUT2D eigenvalue weighted by molar-refractivity contribution is -0.122. The number of fused-ring (bicyclic) bond motifs is 1. The van der Waals surface area contributed by atoms with E-state index in [1.54, 1.807) is 17.3 Å². The number of nitrogens with one attached hydrogen (secondary N) is 1. The maximum absolute atomic E-state index is 12.8. The molecule has 3 N–H and O–H groups in total. The van der Waals surface area contributed by atoms with Gasteiger partial charge in [-0.05, 0) is 48.4 Å². The number of aromatic nitrogens is 3. The van der Waals surface area contributed by atoms with Crippen molar-refractivity contribution in [2.45, 2.75) is 19.8 Å². The largest absolute Gasteiger partial charge is 0.383 e. The standard InChI is InChI=1S/C25H26N8O2/c1-13-5-22(33-4-3-23(33)34)28-10-18(13)20-6-14-7-21(27-11-19(14)24(26)30-20)31-25(35)17-8-16(17)15-9-29-32(2)12-15/h5-7,9-11,15-17H,3-4,8,12H2,1-2H3,(H2,26,30)(H,27,31,35)/t15?,16-,17+/m1/s1. The Morgan fingerprint density at radius 3 is 2.74 bits per heavy atom. The fraction of sp³-hybridized carbons (Fsp3) is 0.360. The molecule has 2 amide bonds. The van der Waals surface area contributed by atoms with Gasteiger partial charge in [0.2, 0.25) is 11.8 Å². The molecule has 3 aromatic heterocycles. The third-order valence-electron chi connectivity index (χ3n) is 7.15. The van der Waals surface area contributed by atoms with E-state index in [1.807, 2.05) is 43.4 Å². The zero-order valence-electron chi connectivity index (χ0n) is 19.6. The van der Waals surface area contributed by atoms with Crippen LogP contribution in [-0.4, -0.2) is 58.1 Å². The fourth-order valence-electron chi connectivity index (χ4n) is 4.95. The highest BCUT2D eigenvalue weighted by atomic mass is 16.2. The molecule has 1 aliphatic carbocycles. The first-order valence-electron chi connectivity index (χ1n) is 11.8. The Morgan fingerprint density at radius 1 is 1.20 bits per heavy atom. The predicted octanol–water partition coefficient (Wildman–Crippen LogP) is 2.44. The van der Waals surface area contributed by atoms with Crippen LogP contribution in [0.4, 0.5) is 17.5 Å². The van der Waals surface area contributed by atoms with E-state index >= 15 is 0 Å². The Labute approximate surface area is 202 Å². The summed E-state index contributed by atoms with van der Waals surface area (Å²) in [6, 6.07) is 5.64. The number of carbonyl (C=O) groups is 2. The lowest BCUT2D eigenvalue weighted by Gasteiger charge is -2.29. The Bertz CT molecular complexity index is 1400. The van der Waals surface area contributed by atoms with Gasteiger partial charge in [-0.15, -0.1) is 0 Å². The summed E-state index contributed by atoms with van der Waals surface area (Å²) in [5, 5.41) is 10.7. The zero-order valence-corrected chi connectivity index (χ0v) is 19.6. The van der Waals surface area contributed by atoms with Gasteiger partial charge in [0.05, 0.1) is 5.69 Å². The first kappa shape index (κ1) is 21.5. The lowest BCUT2D eigenvalue weighted by Crippen LogP contribution is -2.43. The molecule has 1 unspecified atom stereocenters. The number of hydrogen-bond acceptors (Lipinski definition) is 8. The lowest BCUT2D eigenvalue weighted by atomic mass is 10.0. The first-order chi connectivity index (χ1) is 16.9. The second-order valence-corrected chi connectivity index (χ2v) is 9.60. The van der Waals surface area contributed by atoms with Gasteiger partial charge in [0, 0.05) is 68.0 Å². The van der Waals surface area contributed by atoms with Crippen LogP contribution >= 0.6 is 0 Å². The average Bonchev–Trinajstić information content (AvgIpc) is 3.51. The van der Waals surface area contributed by atoms with Crippen LogP contribution in [0.3, 0.4) is 0 Å². The highest BCUT2D eigenvalue weighted by Gasteiger charge is 2.48. The second kappa shape index (κ2) is 8.00. The van der Waals surface area contributed by atoms with Crippen molar-refractivity contribution in [3.63, 3.8) is 0 Å². The molecule has 178 valence electrons. The van der Waals surface area contributed by atoms with Gasteiger partial charge in [0.1, 0.15) is 17.5 Å². The number of hydrazone groups is 1. The molecular weight excluding hydrogens is 444 g/mol. The molecule has 10 heteroatoms. The molecule has 6 rings (SSSR count). The maximum Gasteiger partial charge on any atom is 0.229 e. The van der Waals surface area contributed by atoms with E-state index in [1.165, 1.54) is 0 Å². The van der Waals surface area contributed by atoms with Crippen LogP contribution in [0.25, 0.3) is 22.0 Å². The van der Waals surface area contributed by atoms with Crippen molar-refractivity contribution in [1.82, 2.24) is 20.0 Å². The van der Waals surface area contributed by atoms with Crippen molar-refractivity contribution >= 4 is 46.3 Å². The van der Waals surface area contributed by atoms with E-state index in [9.17, 15) is 9.59 Å². The van der Waals surface area contributed by atoms with E-state index in [2.05, 4.69) is 25.4 Å². The molecule has 1 saturated heterocycles. The van der Waals surface area contributed by atoms with Gasteiger partial charge in [-0.2, -0.15) is 5.10 Å². The third-order valence-corrected chi connectivity index (χ3v) is 7.15. The molecule has 0 bridgehead atoms. The molecule has 0 radical (unpaired) electrons. The van der Waals surface area contributed by atoms with Crippen molar-refractivity contribution < 1.29 is 9.59 Å². The van der Waals surface area contributed by atoms with Crippen molar-refractivity contribution in [1.29, 1.82) is 0 Å². The number of anilines is 3. The monoisotopic (exact) mass is 470 g/mol. The van der Waals surface area contributed by atoms with E-state index in [0.29, 0.717) is 47.9 Å². The normalized spacial score (nSPS) is 23.0. The van der Waals surface area contributed by atoms with Crippen molar-refractivity contribution in [3.05, 3.63) is 36.2 Å². The summed E-state index contributed by atoms with van der Waals surface area (Å²) in [5.74, 6) is 2.22. The minimum Gasteiger partial charge on any atom is -0.383 e. The van der Waals surface area contributed by atoms with E-state index in [4.69, 9.17) is 5.73 Å². The molecule has 2 fully saturated rings. The molecule has 3 aliphatic rings. The van der Waals surface area contributed by atoms with Gasteiger partial charge in [-0.1, -0.05) is 0 Å². The number of nitrogens with zero attached hydrogens (tertiary/aromatic N) is 6. The highest BCUT2D eigenvalue weighted by molar-refractivity contribution is 6.00. The number of amides is 2. The van der Waals surface area contributed by atoms with Crippen LogP contribution in [0.5, 0.6) is 0 Å². The Hall–Kier alpha value is -4.08. The highest BCUT2D eigenvalue weighted by Crippen LogP contribution is 2.45. The molecule has 3 atom stereocenters. The molecule has 0 aromatic carbocycles. The summed E-state index contributed by atoms with van der Waals surface area (Å²) in [6.45, 7) is 3.52. The van der Waals surface area contributed by atoms with Crippen LogP contribution < -0.4 is 16.0 Å². The van der Waals surface area contributed by atoms with Crippen molar-refractivity contribution in [3.8, 4) is 11.3 Å². The molecular formula is C25H26N8O2. The van der Waals surface area contributed by atoms with Crippen molar-refractivity contribution in [2.24, 2.45) is 22.9 Å². The molecule has 10 nitrogen and oxygen atoms in total. The van der Waals surface area contributed by atoms with Gasteiger partial charge >= 0.3 is 0 Å². The van der Waals surface area contributed by atoms with Crippen LogP contribution in [0, 0.1) is 24.7 Å². The quantitative estimate of drug-likeness (QED) is 0.548. The Balaban J connectivity index is 1.23. The van der Waals surface area contributed by atoms with Crippen LogP contribution in [0.1, 0.15) is 18.4 Å². The minimum absolute atomic E-state index is 0.0109. The molecule has 35 heavy (non-hydrogen) atoms. The number of aryl methyl sites for hydroxylation is 1. The van der Waals surface area contributed by atoms with E-state index in [0.717, 1.165) is 34.9 Å². The topological polar surface area (TPSA) is 130 Å². The molecule has 0 spiro atoms. The Morgan fingerprint density at radius 2 is 2.06 bits per heavy atom. The summed E-state index contributed by atoms with van der Waals surface area (Å²) in [7, 11) is 1.95. The maximum atomic E-state index is 12.8. The number of hydrogen-bond donors (Lipinski definition) is 2. The number of rotatable bonds is 5. The van der Waals surface area contributed by atoms with Gasteiger partial charge < -0.3 is 11.1 Å². The van der Waals surface area contributed by atoms with Crippen LogP contribution in [0.2, 0.25) is 0 Å². The summed E-state index contributed by atoms with van der Waals surface area (Å²) < 4.78 is 0. The predicted molar refractivity (Wildman–Crippen MR) is 134 cm³/mol. The number of nitrogens with two attached hydrogens (primary N) is 1. The SMILES string of the molecule is Cc1cc(N2CCC2=O)ncc1-c1cc2cc(NC(=O)[C@H]3C[C@@H]3C3C=NN(C)C3)ncc2c(N)n1. The summed E-state index contributed by atoms with van der Waals surface area (Å²) >= 11 is 0. The van der Waals surface area contributed by atoms with Gasteiger partial charge in [0.15, 0.2) is 0 Å². The van der Waals surface area contributed by atoms with E-state index < -0.39 is 0 Å². The van der Waals surface area contributed by atoms with Gasteiger partial charge in [-0.25, -0.2) is 15.0 Å². The third kappa shape index (κ3) is 3.84. The molecule has 3 aromatic rings. The minimum atomic E-state index is -0.0148. The van der Waals surface area contributed by atoms with Crippen LogP contribution in [-0.2, 0) is 9.59 Å². The smallest absolute Gasteiger partial charge is 0.229 e. The van der Waals surface area contributed by atoms with Crippen molar-refractivity contribution in [2.75, 3.05) is 36.1 Å². The second-order valence-electron chi connectivity index (χ2n) is 9.60. The average molecular weight is 471 g/mol. The first-order valence-corrected chi connectivity index (χ1v) is 11.8. The molecule has 5 heterocycles. The summed E-state index contributed by atoms with van der Waals surface area (Å²) in [5.41, 5.74) is 8.71. The summed E-state index contributed by atoms with van der Waals surface area (Å²) in [6.07, 6.45) is 6.75. The van der Waals surface area contributed by atoms with Gasteiger partial charge in [0.25, 0.3) is 0 Å². The summed E-state index contributed by atoms with van der Waals surface area (Å²) in [4.78, 5) is 39.7. The number of carbonyl (C=O) groups excluding carboxylic acids is 2. The number of pyridine rings is 3. The van der Waals surface area contributed by atoms with Gasteiger partial charge in [-0.3, -0.25) is 19.5 Å². The molecule has 2 aliphatic heterocycles. The van der Waals surface area contributed by atoms with E-state index in [-0.39, 0.29) is 17.7 Å². The number of nitrogen functional groups attached to an aromatic ring is 1. The Kier molecular flexibility index (Phi) is 4.91.